The molecule has 1 N–H and O–H groups in total. The predicted octanol–water partition coefficient (Wildman–Crippen LogP) is 3.51. The molecule has 22 heavy (non-hydrogen) atoms. The maximum Gasteiger partial charge on any atom is 0.413 e. The molecule has 2 bridgehead atoms. The molecular formula is C15H17N3O2S2. The molecule has 3 aliphatic rings. The number of aromatic nitrogens is 1. The van der Waals surface area contributed by atoms with Gasteiger partial charge in [0.05, 0.1) is 10.4 Å². The second-order valence-electron chi connectivity index (χ2n) is 5.71. The fourth-order valence-electron chi connectivity index (χ4n) is 3.23. The maximum absolute atomic E-state index is 12.2. The van der Waals surface area contributed by atoms with Crippen LogP contribution in [0.25, 0.3) is 9.75 Å². The van der Waals surface area contributed by atoms with Crippen LogP contribution in [0.15, 0.2) is 23.0 Å². The smallest absolute Gasteiger partial charge is 0.413 e. The molecule has 5 heterocycles. The zero-order valence-corrected chi connectivity index (χ0v) is 13.7. The van der Waals surface area contributed by atoms with Crippen LogP contribution in [0.1, 0.15) is 12.8 Å². The first-order valence-corrected chi connectivity index (χ1v) is 9.23. The van der Waals surface area contributed by atoms with Gasteiger partial charge in [-0.1, -0.05) is 6.07 Å². The summed E-state index contributed by atoms with van der Waals surface area (Å²) in [4.78, 5) is 20.9. The highest BCUT2D eigenvalue weighted by atomic mass is 32.1. The van der Waals surface area contributed by atoms with Crippen LogP contribution in [0.3, 0.4) is 0 Å². The van der Waals surface area contributed by atoms with E-state index in [9.17, 15) is 4.79 Å². The number of thiazole rings is 1. The lowest BCUT2D eigenvalue weighted by Crippen LogP contribution is -2.52. The lowest BCUT2D eigenvalue weighted by molar-refractivity contribution is -0.0290. The van der Waals surface area contributed by atoms with Crippen LogP contribution < -0.4 is 5.32 Å². The molecule has 0 unspecified atom stereocenters. The van der Waals surface area contributed by atoms with Crippen molar-refractivity contribution in [3.63, 3.8) is 0 Å². The Morgan fingerprint density at radius 2 is 2.23 bits per heavy atom. The summed E-state index contributed by atoms with van der Waals surface area (Å²) in [6.07, 6.45) is 1.90. The molecular weight excluding hydrogens is 318 g/mol. The number of carbonyl (C=O) groups is 1. The van der Waals surface area contributed by atoms with E-state index < -0.39 is 0 Å². The molecule has 116 valence electrons. The van der Waals surface area contributed by atoms with Crippen molar-refractivity contribution >= 4 is 34.6 Å². The highest BCUT2D eigenvalue weighted by molar-refractivity contribution is 7.20. The van der Waals surface area contributed by atoms with Crippen LogP contribution in [0.4, 0.5) is 10.6 Å². The zero-order valence-electron chi connectivity index (χ0n) is 12.0. The lowest BCUT2D eigenvalue weighted by atomic mass is 9.86. The minimum absolute atomic E-state index is 0.0197. The third-order valence-corrected chi connectivity index (χ3v) is 6.26. The topological polar surface area (TPSA) is 54.5 Å². The zero-order chi connectivity index (χ0) is 14.9. The van der Waals surface area contributed by atoms with Crippen LogP contribution in [0.2, 0.25) is 0 Å². The van der Waals surface area contributed by atoms with E-state index in [4.69, 9.17) is 4.74 Å². The van der Waals surface area contributed by atoms with Crippen LogP contribution in [0.5, 0.6) is 0 Å². The largest absolute Gasteiger partial charge is 0.444 e. The second kappa shape index (κ2) is 5.98. The van der Waals surface area contributed by atoms with Crippen molar-refractivity contribution in [2.75, 3.05) is 25.0 Å². The van der Waals surface area contributed by atoms with E-state index in [0.717, 1.165) is 42.2 Å². The number of carbonyl (C=O) groups excluding carboxylic acids is 1. The van der Waals surface area contributed by atoms with Crippen LogP contribution in [-0.4, -0.2) is 41.7 Å². The molecule has 7 heteroatoms. The first-order chi connectivity index (χ1) is 10.8. The Labute approximate surface area is 136 Å². The van der Waals surface area contributed by atoms with E-state index >= 15 is 0 Å². The van der Waals surface area contributed by atoms with Crippen molar-refractivity contribution in [3.05, 3.63) is 23.0 Å². The van der Waals surface area contributed by atoms with Gasteiger partial charge in [-0.15, -0.1) is 22.7 Å². The lowest BCUT2D eigenvalue weighted by Gasteiger charge is -2.43. The summed E-state index contributed by atoms with van der Waals surface area (Å²) >= 11 is 3.17. The number of fused-ring (bicyclic) bond motifs is 3. The Bertz CT molecular complexity index is 648. The summed E-state index contributed by atoms with van der Waals surface area (Å²) in [6, 6.07) is 4.02. The summed E-state index contributed by atoms with van der Waals surface area (Å²) in [6.45, 7) is 3.15. The SMILES string of the molecule is O=C(Nc1ncsc1-c1cccs1)O[C@H]1CN2CCC1CC2. The minimum Gasteiger partial charge on any atom is -0.444 e. The molecule has 3 saturated heterocycles. The van der Waals surface area contributed by atoms with Crippen molar-refractivity contribution in [2.45, 2.75) is 18.9 Å². The van der Waals surface area contributed by atoms with Crippen molar-refractivity contribution in [1.29, 1.82) is 0 Å². The molecule has 1 atom stereocenters. The Kier molecular flexibility index (Phi) is 3.85. The molecule has 1 amide bonds. The van der Waals surface area contributed by atoms with Gasteiger partial charge >= 0.3 is 6.09 Å². The number of ether oxygens (including phenoxy) is 1. The number of hydrogen-bond donors (Lipinski definition) is 1. The molecule has 3 fully saturated rings. The maximum atomic E-state index is 12.2. The van der Waals surface area contributed by atoms with Gasteiger partial charge in [-0.05, 0) is 43.3 Å². The van der Waals surface area contributed by atoms with Crippen LogP contribution in [0, 0.1) is 5.92 Å². The Morgan fingerprint density at radius 3 is 2.91 bits per heavy atom. The minimum atomic E-state index is -0.387. The average molecular weight is 335 g/mol. The molecule has 5 rings (SSSR count). The quantitative estimate of drug-likeness (QED) is 0.932. The number of hydrogen-bond acceptors (Lipinski definition) is 6. The molecule has 0 aliphatic carbocycles. The molecule has 2 aromatic rings. The average Bonchev–Trinajstić information content (AvgIpc) is 3.19. The van der Waals surface area contributed by atoms with Gasteiger partial charge in [-0.2, -0.15) is 0 Å². The first kappa shape index (κ1) is 14.2. The van der Waals surface area contributed by atoms with Crippen LogP contribution in [-0.2, 0) is 4.74 Å². The van der Waals surface area contributed by atoms with E-state index in [1.807, 2.05) is 17.5 Å². The summed E-state index contributed by atoms with van der Waals surface area (Å²) in [5.74, 6) is 1.11. The number of nitrogens with zero attached hydrogens (tertiary/aromatic N) is 2. The number of piperidine rings is 3. The Balaban J connectivity index is 1.42. The summed E-state index contributed by atoms with van der Waals surface area (Å²) < 4.78 is 5.65. The molecule has 0 aromatic carbocycles. The van der Waals surface area contributed by atoms with E-state index in [1.165, 1.54) is 11.3 Å². The van der Waals surface area contributed by atoms with Gasteiger partial charge in [-0.3, -0.25) is 10.2 Å². The molecule has 0 radical (unpaired) electrons. The van der Waals surface area contributed by atoms with Gasteiger partial charge in [0, 0.05) is 11.4 Å². The molecule has 2 aromatic heterocycles. The van der Waals surface area contributed by atoms with Crippen molar-refractivity contribution in [1.82, 2.24) is 9.88 Å². The van der Waals surface area contributed by atoms with Gasteiger partial charge < -0.3 is 4.74 Å². The van der Waals surface area contributed by atoms with Crippen molar-refractivity contribution < 1.29 is 9.53 Å². The Morgan fingerprint density at radius 1 is 1.36 bits per heavy atom. The van der Waals surface area contributed by atoms with E-state index in [1.54, 1.807) is 16.8 Å². The highest BCUT2D eigenvalue weighted by Gasteiger charge is 2.36. The van der Waals surface area contributed by atoms with Gasteiger partial charge in [-0.25, -0.2) is 9.78 Å². The van der Waals surface area contributed by atoms with Gasteiger partial charge in [0.15, 0.2) is 5.82 Å². The summed E-state index contributed by atoms with van der Waals surface area (Å²) in [5, 5.41) is 4.83. The third-order valence-electron chi connectivity index (χ3n) is 4.39. The monoisotopic (exact) mass is 335 g/mol. The molecule has 3 aliphatic heterocycles. The van der Waals surface area contributed by atoms with E-state index in [0.29, 0.717) is 11.7 Å². The number of rotatable bonds is 3. The molecule has 0 spiro atoms. The van der Waals surface area contributed by atoms with E-state index in [2.05, 4.69) is 15.2 Å². The highest BCUT2D eigenvalue weighted by Crippen LogP contribution is 2.35. The van der Waals surface area contributed by atoms with Crippen LogP contribution >= 0.6 is 22.7 Å². The predicted molar refractivity (Wildman–Crippen MR) is 88.5 cm³/mol. The number of amides is 1. The number of nitrogens with one attached hydrogen (secondary N) is 1. The standard InChI is InChI=1S/C15H17N3O2S2/c19-15(20-11-8-18-5-3-10(11)4-6-18)17-14-13(22-9-16-14)12-2-1-7-21-12/h1-2,7,9-11H,3-6,8H2,(H,17,19)/t11-/m0/s1. The van der Waals surface area contributed by atoms with Gasteiger partial charge in [0.2, 0.25) is 0 Å². The summed E-state index contributed by atoms with van der Waals surface area (Å²) in [7, 11) is 0. The summed E-state index contributed by atoms with van der Waals surface area (Å²) in [5.41, 5.74) is 1.75. The normalized spacial score (nSPS) is 26.8. The molecule has 0 saturated carbocycles. The fourth-order valence-corrected chi connectivity index (χ4v) is 4.84. The fraction of sp³-hybridized carbons (Fsp3) is 0.467. The third kappa shape index (κ3) is 2.76. The van der Waals surface area contributed by atoms with Crippen molar-refractivity contribution in [3.8, 4) is 9.75 Å². The second-order valence-corrected chi connectivity index (χ2v) is 7.52. The van der Waals surface area contributed by atoms with Gasteiger partial charge in [0.25, 0.3) is 0 Å². The number of thiophene rings is 1. The number of anilines is 1. The molecule has 5 nitrogen and oxygen atoms in total. The van der Waals surface area contributed by atoms with Gasteiger partial charge in [0.1, 0.15) is 6.10 Å². The van der Waals surface area contributed by atoms with Crippen molar-refractivity contribution in [2.24, 2.45) is 5.92 Å². The first-order valence-electron chi connectivity index (χ1n) is 7.47. The Hall–Kier alpha value is -1.44. The van der Waals surface area contributed by atoms with E-state index in [-0.39, 0.29) is 12.2 Å².